The first-order valence-corrected chi connectivity index (χ1v) is 11.2. The smallest absolute Gasteiger partial charge is 0.247 e. The third-order valence-electron chi connectivity index (χ3n) is 5.15. The van der Waals surface area contributed by atoms with E-state index in [0.29, 0.717) is 42.2 Å². The van der Waals surface area contributed by atoms with Gasteiger partial charge in [0, 0.05) is 37.9 Å². The summed E-state index contributed by atoms with van der Waals surface area (Å²) in [5.74, 6) is 0.748. The van der Waals surface area contributed by atoms with Crippen molar-refractivity contribution < 1.29 is 17.9 Å². The Balaban J connectivity index is 1.82. The first-order valence-electron chi connectivity index (χ1n) is 9.02. The Morgan fingerprint density at radius 2 is 1.54 bits per heavy atom. The van der Waals surface area contributed by atoms with E-state index in [-0.39, 0.29) is 4.90 Å². The van der Waals surface area contributed by atoms with Crippen molar-refractivity contribution in [3.8, 4) is 11.5 Å². The number of ether oxygens (including phenoxy) is 2. The lowest BCUT2D eigenvalue weighted by molar-refractivity contribution is 0.370. The number of aryl methyl sites for hydroxylation is 2. The molecule has 1 aliphatic rings. The van der Waals surface area contributed by atoms with Crippen LogP contribution in [0.25, 0.3) is 0 Å². The molecular weight excluding hydrogens is 444 g/mol. The van der Waals surface area contributed by atoms with Gasteiger partial charge in [0.25, 0.3) is 0 Å². The molecule has 8 heteroatoms. The zero-order valence-corrected chi connectivity index (χ0v) is 18.9. The summed E-state index contributed by atoms with van der Waals surface area (Å²) in [6, 6.07) is 9.48. The Morgan fingerprint density at radius 3 is 2.11 bits per heavy atom. The van der Waals surface area contributed by atoms with Crippen LogP contribution >= 0.6 is 15.9 Å². The summed E-state index contributed by atoms with van der Waals surface area (Å²) in [4.78, 5) is 2.34. The quantitative estimate of drug-likeness (QED) is 0.670. The average molecular weight is 469 g/mol. The standard InChI is InChI=1S/C20H25BrN2O4S/c1-14-5-6-16(11-15(14)2)22-7-9-23(10-8-22)28(24,25)20-13-18(26-3)17(21)12-19(20)27-4/h5-6,11-13H,7-10H2,1-4H3. The SMILES string of the molecule is COc1cc(S(=O)(=O)N2CCN(c3ccc(C)c(C)c3)CC2)c(OC)cc1Br. The molecule has 0 atom stereocenters. The molecule has 6 nitrogen and oxygen atoms in total. The number of nitrogens with zero attached hydrogens (tertiary/aromatic N) is 2. The molecule has 1 fully saturated rings. The second-order valence-electron chi connectivity index (χ2n) is 6.80. The van der Waals surface area contributed by atoms with Gasteiger partial charge in [0.1, 0.15) is 16.4 Å². The van der Waals surface area contributed by atoms with Crippen LogP contribution in [-0.2, 0) is 10.0 Å². The molecule has 0 radical (unpaired) electrons. The first-order chi connectivity index (χ1) is 13.3. The van der Waals surface area contributed by atoms with Gasteiger partial charge in [-0.3, -0.25) is 0 Å². The molecule has 28 heavy (non-hydrogen) atoms. The van der Waals surface area contributed by atoms with Gasteiger partial charge >= 0.3 is 0 Å². The molecule has 2 aromatic carbocycles. The van der Waals surface area contributed by atoms with E-state index in [2.05, 4.69) is 52.9 Å². The molecule has 0 aliphatic carbocycles. The van der Waals surface area contributed by atoms with Crippen LogP contribution in [-0.4, -0.2) is 53.1 Å². The number of benzene rings is 2. The van der Waals surface area contributed by atoms with Crippen LogP contribution in [0.15, 0.2) is 39.7 Å². The van der Waals surface area contributed by atoms with E-state index in [4.69, 9.17) is 9.47 Å². The van der Waals surface area contributed by atoms with E-state index >= 15 is 0 Å². The van der Waals surface area contributed by atoms with Crippen molar-refractivity contribution in [1.82, 2.24) is 4.31 Å². The summed E-state index contributed by atoms with van der Waals surface area (Å²) in [6.07, 6.45) is 0. The maximum Gasteiger partial charge on any atom is 0.247 e. The van der Waals surface area contributed by atoms with Gasteiger partial charge < -0.3 is 14.4 Å². The zero-order valence-electron chi connectivity index (χ0n) is 16.5. The predicted molar refractivity (Wildman–Crippen MR) is 114 cm³/mol. The van der Waals surface area contributed by atoms with E-state index in [1.165, 1.54) is 35.7 Å². The Labute approximate surface area is 175 Å². The number of sulfonamides is 1. The summed E-state index contributed by atoms with van der Waals surface area (Å²) >= 11 is 3.37. The molecule has 0 spiro atoms. The fraction of sp³-hybridized carbons (Fsp3) is 0.400. The molecule has 152 valence electrons. The van der Waals surface area contributed by atoms with Crippen molar-refractivity contribution in [1.29, 1.82) is 0 Å². The summed E-state index contributed by atoms with van der Waals surface area (Å²) in [5, 5.41) is 0. The summed E-state index contributed by atoms with van der Waals surface area (Å²) < 4.78 is 39.2. The second-order valence-corrected chi connectivity index (χ2v) is 9.56. The zero-order chi connectivity index (χ0) is 20.5. The molecule has 2 aromatic rings. The van der Waals surface area contributed by atoms with Gasteiger partial charge in [0.2, 0.25) is 10.0 Å². The Morgan fingerprint density at radius 1 is 0.893 bits per heavy atom. The maximum atomic E-state index is 13.2. The van der Waals surface area contributed by atoms with Gasteiger partial charge in [0.05, 0.1) is 18.7 Å². The number of rotatable bonds is 5. The van der Waals surface area contributed by atoms with E-state index in [1.807, 2.05) is 0 Å². The van der Waals surface area contributed by atoms with Crippen molar-refractivity contribution in [2.24, 2.45) is 0 Å². The van der Waals surface area contributed by atoms with Gasteiger partial charge in [-0.2, -0.15) is 4.31 Å². The normalized spacial score (nSPS) is 15.5. The molecular formula is C20H25BrN2O4S. The minimum absolute atomic E-state index is 0.120. The van der Waals surface area contributed by atoms with Crippen molar-refractivity contribution in [2.75, 3.05) is 45.3 Å². The summed E-state index contributed by atoms with van der Waals surface area (Å²) in [6.45, 7) is 6.28. The van der Waals surface area contributed by atoms with Crippen LogP contribution in [0.3, 0.4) is 0 Å². The highest BCUT2D eigenvalue weighted by molar-refractivity contribution is 9.10. The Kier molecular flexibility index (Phi) is 6.21. The Hall–Kier alpha value is -1.77. The number of halogens is 1. The lowest BCUT2D eigenvalue weighted by Crippen LogP contribution is -2.48. The van der Waals surface area contributed by atoms with Gasteiger partial charge in [-0.1, -0.05) is 6.07 Å². The van der Waals surface area contributed by atoms with Crippen molar-refractivity contribution in [2.45, 2.75) is 18.7 Å². The van der Waals surface area contributed by atoms with Gasteiger partial charge in [-0.15, -0.1) is 0 Å². The summed E-state index contributed by atoms with van der Waals surface area (Å²) in [5.41, 5.74) is 3.61. The molecule has 1 saturated heterocycles. The predicted octanol–water partition coefficient (Wildman–Crippen LogP) is 3.59. The van der Waals surface area contributed by atoms with Crippen molar-refractivity contribution in [3.63, 3.8) is 0 Å². The fourth-order valence-electron chi connectivity index (χ4n) is 3.28. The van der Waals surface area contributed by atoms with Crippen LogP contribution in [0.2, 0.25) is 0 Å². The number of piperazine rings is 1. The third-order valence-corrected chi connectivity index (χ3v) is 7.69. The van der Waals surface area contributed by atoms with Crippen molar-refractivity contribution >= 4 is 31.6 Å². The first kappa shape index (κ1) is 21.0. The van der Waals surface area contributed by atoms with E-state index in [0.717, 1.165) is 5.69 Å². The van der Waals surface area contributed by atoms with Crippen molar-refractivity contribution in [3.05, 3.63) is 45.9 Å². The number of methoxy groups -OCH3 is 2. The van der Waals surface area contributed by atoms with Gasteiger partial charge in [-0.25, -0.2) is 8.42 Å². The maximum absolute atomic E-state index is 13.2. The number of hydrogen-bond donors (Lipinski definition) is 0. The van der Waals surface area contributed by atoms with Crippen LogP contribution in [0, 0.1) is 13.8 Å². The second kappa shape index (κ2) is 8.31. The molecule has 0 N–H and O–H groups in total. The molecule has 0 saturated carbocycles. The average Bonchev–Trinajstić information content (AvgIpc) is 2.69. The molecule has 1 aliphatic heterocycles. The van der Waals surface area contributed by atoms with Crippen LogP contribution in [0.5, 0.6) is 11.5 Å². The highest BCUT2D eigenvalue weighted by Crippen LogP contribution is 2.37. The highest BCUT2D eigenvalue weighted by atomic mass is 79.9. The van der Waals surface area contributed by atoms with Crippen LogP contribution < -0.4 is 14.4 Å². The summed E-state index contributed by atoms with van der Waals surface area (Å²) in [7, 11) is -0.725. The van der Waals surface area contributed by atoms with Gasteiger partial charge in [0.15, 0.2) is 0 Å². The minimum atomic E-state index is -3.69. The van der Waals surface area contributed by atoms with Crippen LogP contribution in [0.4, 0.5) is 5.69 Å². The van der Waals surface area contributed by atoms with Gasteiger partial charge in [-0.05, 0) is 59.1 Å². The minimum Gasteiger partial charge on any atom is -0.496 e. The molecule has 0 aromatic heterocycles. The monoisotopic (exact) mass is 468 g/mol. The number of hydrogen-bond acceptors (Lipinski definition) is 5. The van der Waals surface area contributed by atoms with Crippen LogP contribution in [0.1, 0.15) is 11.1 Å². The van der Waals surface area contributed by atoms with E-state index < -0.39 is 10.0 Å². The molecule has 0 unspecified atom stereocenters. The molecule has 0 amide bonds. The molecule has 0 bridgehead atoms. The number of anilines is 1. The lowest BCUT2D eigenvalue weighted by atomic mass is 10.1. The largest absolute Gasteiger partial charge is 0.496 e. The lowest BCUT2D eigenvalue weighted by Gasteiger charge is -2.35. The third kappa shape index (κ3) is 3.99. The highest BCUT2D eigenvalue weighted by Gasteiger charge is 2.32. The van der Waals surface area contributed by atoms with E-state index in [9.17, 15) is 8.42 Å². The molecule has 3 rings (SSSR count). The van der Waals surface area contributed by atoms with E-state index in [1.54, 1.807) is 6.07 Å². The Bertz CT molecular complexity index is 970. The fourth-order valence-corrected chi connectivity index (χ4v) is 5.34. The topological polar surface area (TPSA) is 59.1 Å². The molecule has 1 heterocycles.